The van der Waals surface area contributed by atoms with Gasteiger partial charge in [-0.05, 0) is 49.6 Å². The first-order valence-electron chi connectivity index (χ1n) is 10.4. The van der Waals surface area contributed by atoms with Crippen LogP contribution >= 0.6 is 0 Å². The summed E-state index contributed by atoms with van der Waals surface area (Å²) in [6.07, 6.45) is 2.19. The quantitative estimate of drug-likeness (QED) is 0.456. The highest BCUT2D eigenvalue weighted by molar-refractivity contribution is 5.90. The predicted molar refractivity (Wildman–Crippen MR) is 116 cm³/mol. The molecule has 0 spiro atoms. The molecule has 8 heteroatoms. The van der Waals surface area contributed by atoms with Gasteiger partial charge in [0.15, 0.2) is 17.0 Å². The van der Waals surface area contributed by atoms with Gasteiger partial charge in [-0.15, -0.1) is 5.10 Å². The van der Waals surface area contributed by atoms with Crippen molar-refractivity contribution in [3.05, 3.63) is 71.5 Å². The van der Waals surface area contributed by atoms with Crippen molar-refractivity contribution in [1.29, 1.82) is 0 Å². The van der Waals surface area contributed by atoms with Gasteiger partial charge in [-0.1, -0.05) is 35.5 Å². The number of hydrogen-bond acceptors (Lipinski definition) is 7. The number of aromatic nitrogens is 5. The Morgan fingerprint density at radius 2 is 1.87 bits per heavy atom. The monoisotopic (exact) mass is 414 g/mol. The van der Waals surface area contributed by atoms with Crippen molar-refractivity contribution in [1.82, 2.24) is 25.0 Å². The molecule has 0 atom stereocenters. The summed E-state index contributed by atoms with van der Waals surface area (Å²) < 4.78 is 6.86. The van der Waals surface area contributed by atoms with Crippen LogP contribution < -0.4 is 5.32 Å². The minimum atomic E-state index is -0.335. The van der Waals surface area contributed by atoms with Gasteiger partial charge in [-0.2, -0.15) is 0 Å². The van der Waals surface area contributed by atoms with Gasteiger partial charge in [0.2, 0.25) is 0 Å². The number of benzene rings is 2. The molecule has 4 aromatic rings. The Morgan fingerprint density at radius 3 is 2.58 bits per heavy atom. The fourth-order valence-electron chi connectivity index (χ4n) is 3.39. The van der Waals surface area contributed by atoms with Gasteiger partial charge in [0.05, 0.1) is 18.7 Å². The van der Waals surface area contributed by atoms with Gasteiger partial charge in [-0.3, -0.25) is 0 Å². The number of hydrogen-bond donors (Lipinski definition) is 1. The zero-order valence-corrected chi connectivity index (χ0v) is 17.2. The van der Waals surface area contributed by atoms with Gasteiger partial charge >= 0.3 is 5.97 Å². The summed E-state index contributed by atoms with van der Waals surface area (Å²) in [6.45, 7) is 2.73. The van der Waals surface area contributed by atoms with Crippen molar-refractivity contribution < 1.29 is 9.53 Å². The molecule has 8 nitrogen and oxygen atoms in total. The van der Waals surface area contributed by atoms with Crippen LogP contribution in [0, 0.1) is 0 Å². The van der Waals surface area contributed by atoms with Gasteiger partial charge in [0.1, 0.15) is 5.82 Å². The maximum atomic E-state index is 11.9. The second kappa shape index (κ2) is 8.14. The number of esters is 1. The highest BCUT2D eigenvalue weighted by atomic mass is 16.5. The first kappa shape index (κ1) is 19.2. The first-order chi connectivity index (χ1) is 15.2. The smallest absolute Gasteiger partial charge is 0.338 e. The molecule has 156 valence electrons. The maximum Gasteiger partial charge on any atom is 0.338 e. The molecule has 0 aliphatic heterocycles. The third-order valence-electron chi connectivity index (χ3n) is 5.16. The van der Waals surface area contributed by atoms with Crippen LogP contribution in [0.15, 0.2) is 54.6 Å². The summed E-state index contributed by atoms with van der Waals surface area (Å²) >= 11 is 0. The molecule has 1 fully saturated rings. The lowest BCUT2D eigenvalue weighted by molar-refractivity contribution is 0.0526. The number of rotatable bonds is 7. The van der Waals surface area contributed by atoms with E-state index in [4.69, 9.17) is 14.7 Å². The number of carbonyl (C=O) groups excluding carboxylic acids is 1. The summed E-state index contributed by atoms with van der Waals surface area (Å²) in [5, 5.41) is 12.0. The normalized spacial score (nSPS) is 13.3. The molecule has 0 unspecified atom stereocenters. The molecule has 2 aromatic heterocycles. The number of nitrogens with one attached hydrogen (secondary N) is 1. The van der Waals surface area contributed by atoms with Crippen LogP contribution in [0.2, 0.25) is 0 Å². The molecule has 31 heavy (non-hydrogen) atoms. The predicted octanol–water partition coefficient (Wildman–Crippen LogP) is 4.07. The zero-order chi connectivity index (χ0) is 21.2. The minimum absolute atomic E-state index is 0.335. The van der Waals surface area contributed by atoms with E-state index in [-0.39, 0.29) is 5.97 Å². The van der Waals surface area contributed by atoms with E-state index in [2.05, 4.69) is 27.8 Å². The molecule has 0 bridgehead atoms. The third-order valence-corrected chi connectivity index (χ3v) is 5.16. The summed E-state index contributed by atoms with van der Waals surface area (Å²) in [5.41, 5.74) is 3.77. The van der Waals surface area contributed by atoms with Crippen LogP contribution in [-0.2, 0) is 11.3 Å². The fourth-order valence-corrected chi connectivity index (χ4v) is 3.39. The van der Waals surface area contributed by atoms with Crippen LogP contribution in [-0.4, -0.2) is 37.5 Å². The Bertz CT molecular complexity index is 1220. The van der Waals surface area contributed by atoms with Crippen LogP contribution in [0.1, 0.15) is 47.4 Å². The Balaban J connectivity index is 1.47. The number of nitrogens with zero attached hydrogens (tertiary/aromatic N) is 5. The molecule has 2 heterocycles. The first-order valence-corrected chi connectivity index (χ1v) is 10.4. The van der Waals surface area contributed by atoms with Crippen molar-refractivity contribution in [2.45, 2.75) is 32.2 Å². The Kier molecular flexibility index (Phi) is 5.03. The average molecular weight is 414 g/mol. The van der Waals surface area contributed by atoms with Crippen LogP contribution in [0.4, 0.5) is 11.5 Å². The minimum Gasteiger partial charge on any atom is -0.462 e. The number of ether oxygens (including phenoxy) is 1. The van der Waals surface area contributed by atoms with E-state index in [0.717, 1.165) is 29.9 Å². The Labute approximate surface area is 179 Å². The summed E-state index contributed by atoms with van der Waals surface area (Å²) in [6, 6.07) is 17.2. The van der Waals surface area contributed by atoms with Crippen molar-refractivity contribution in [3.8, 4) is 0 Å². The maximum absolute atomic E-state index is 11.9. The topological polar surface area (TPSA) is 94.8 Å². The fraction of sp³-hybridized carbons (Fsp3) is 0.261. The van der Waals surface area contributed by atoms with Crippen molar-refractivity contribution in [2.24, 2.45) is 0 Å². The molecular weight excluding hydrogens is 392 g/mol. The van der Waals surface area contributed by atoms with Gasteiger partial charge in [-0.25, -0.2) is 19.4 Å². The molecule has 1 saturated carbocycles. The van der Waals surface area contributed by atoms with E-state index in [0.29, 0.717) is 41.6 Å². The second-order valence-corrected chi connectivity index (χ2v) is 7.53. The second-order valence-electron chi connectivity index (χ2n) is 7.53. The van der Waals surface area contributed by atoms with Crippen LogP contribution in [0.5, 0.6) is 0 Å². The lowest BCUT2D eigenvalue weighted by atomic mass is 10.2. The summed E-state index contributed by atoms with van der Waals surface area (Å²) in [5.74, 6) is 1.49. The van der Waals surface area contributed by atoms with E-state index in [9.17, 15) is 4.79 Å². The molecule has 0 radical (unpaired) electrons. The standard InChI is InChI=1S/C23H22N6O2/c1-2-31-23(30)17-10-12-18(13-11-17)24-21-19-22(26-20(25-21)16-8-9-16)29(28-27-19)14-15-6-4-3-5-7-15/h3-7,10-13,16H,2,8-9,14H2,1H3,(H,24,25,26). The molecule has 5 rings (SSSR count). The molecule has 0 amide bonds. The highest BCUT2D eigenvalue weighted by Gasteiger charge is 2.29. The van der Waals surface area contributed by atoms with Gasteiger partial charge in [0.25, 0.3) is 0 Å². The molecule has 0 saturated heterocycles. The van der Waals surface area contributed by atoms with Crippen molar-refractivity contribution in [2.75, 3.05) is 11.9 Å². The van der Waals surface area contributed by atoms with E-state index in [1.165, 1.54) is 0 Å². The molecule has 2 aromatic carbocycles. The van der Waals surface area contributed by atoms with E-state index in [1.54, 1.807) is 19.1 Å². The molecular formula is C23H22N6O2. The number of anilines is 2. The zero-order valence-electron chi connectivity index (χ0n) is 17.2. The third kappa shape index (κ3) is 4.09. The van der Waals surface area contributed by atoms with Crippen LogP contribution in [0.3, 0.4) is 0 Å². The summed E-state index contributed by atoms with van der Waals surface area (Å²) in [7, 11) is 0. The number of fused-ring (bicyclic) bond motifs is 1. The van der Waals surface area contributed by atoms with E-state index >= 15 is 0 Å². The largest absolute Gasteiger partial charge is 0.462 e. The number of carbonyl (C=O) groups is 1. The molecule has 1 N–H and O–H groups in total. The van der Waals surface area contributed by atoms with Crippen molar-refractivity contribution in [3.63, 3.8) is 0 Å². The SMILES string of the molecule is CCOC(=O)c1ccc(Nc2nc(C3CC3)nc3c2nnn3Cc2ccccc2)cc1. The molecule has 1 aliphatic carbocycles. The Morgan fingerprint density at radius 1 is 1.10 bits per heavy atom. The molecule has 1 aliphatic rings. The van der Waals surface area contributed by atoms with Gasteiger partial charge < -0.3 is 10.1 Å². The van der Waals surface area contributed by atoms with Gasteiger partial charge in [0, 0.05) is 11.6 Å². The highest BCUT2D eigenvalue weighted by Crippen LogP contribution is 2.39. The average Bonchev–Trinajstić information content (AvgIpc) is 3.57. The van der Waals surface area contributed by atoms with E-state index < -0.39 is 0 Å². The lowest BCUT2D eigenvalue weighted by Crippen LogP contribution is -2.06. The summed E-state index contributed by atoms with van der Waals surface area (Å²) in [4.78, 5) is 21.4. The van der Waals surface area contributed by atoms with Crippen LogP contribution in [0.25, 0.3) is 11.2 Å². The lowest BCUT2D eigenvalue weighted by Gasteiger charge is -2.09. The van der Waals surface area contributed by atoms with Crippen molar-refractivity contribution >= 4 is 28.6 Å². The van der Waals surface area contributed by atoms with E-state index in [1.807, 2.05) is 35.0 Å². The Hall–Kier alpha value is -3.81.